The second-order valence-electron chi connectivity index (χ2n) is 6.12. The predicted octanol–water partition coefficient (Wildman–Crippen LogP) is 2.68. The zero-order valence-electron chi connectivity index (χ0n) is 11.8. The van der Waals surface area contributed by atoms with Gasteiger partial charge in [-0.1, -0.05) is 12.8 Å². The van der Waals surface area contributed by atoms with Crippen molar-refractivity contribution in [2.75, 3.05) is 24.7 Å². The van der Waals surface area contributed by atoms with Crippen molar-refractivity contribution in [2.24, 2.45) is 0 Å². The summed E-state index contributed by atoms with van der Waals surface area (Å²) in [4.78, 5) is 2.27. The SMILES string of the molecule is CC(C)(C)S(=O)(=O)CCN1CCCCCC1CCl. The molecular formula is C13H26ClNO2S. The van der Waals surface area contributed by atoms with Crippen molar-refractivity contribution in [2.45, 2.75) is 57.2 Å². The Kier molecular flexibility index (Phi) is 5.94. The van der Waals surface area contributed by atoms with Crippen LogP contribution >= 0.6 is 11.6 Å². The summed E-state index contributed by atoms with van der Waals surface area (Å²) in [5.74, 6) is 0.847. The Morgan fingerprint density at radius 2 is 1.89 bits per heavy atom. The Morgan fingerprint density at radius 3 is 2.44 bits per heavy atom. The van der Waals surface area contributed by atoms with Crippen molar-refractivity contribution in [1.29, 1.82) is 0 Å². The summed E-state index contributed by atoms with van der Waals surface area (Å²) < 4.78 is 23.6. The highest BCUT2D eigenvalue weighted by Gasteiger charge is 2.30. The van der Waals surface area contributed by atoms with Crippen LogP contribution in [0.4, 0.5) is 0 Å². The van der Waals surface area contributed by atoms with Gasteiger partial charge in [0, 0.05) is 18.5 Å². The van der Waals surface area contributed by atoms with Gasteiger partial charge in [0.15, 0.2) is 9.84 Å². The number of alkyl halides is 1. The molecule has 0 aromatic heterocycles. The molecule has 0 radical (unpaired) electrons. The molecule has 18 heavy (non-hydrogen) atoms. The van der Waals surface area contributed by atoms with E-state index in [9.17, 15) is 8.42 Å². The molecule has 1 rings (SSSR count). The van der Waals surface area contributed by atoms with Crippen LogP contribution in [0.3, 0.4) is 0 Å². The molecule has 1 fully saturated rings. The molecule has 3 nitrogen and oxygen atoms in total. The maximum absolute atomic E-state index is 12.1. The minimum Gasteiger partial charge on any atom is -0.298 e. The lowest BCUT2D eigenvalue weighted by molar-refractivity contribution is 0.228. The number of halogens is 1. The first-order valence-corrected chi connectivity index (χ1v) is 8.99. The van der Waals surface area contributed by atoms with Crippen LogP contribution in [0.1, 0.15) is 46.5 Å². The monoisotopic (exact) mass is 295 g/mol. The van der Waals surface area contributed by atoms with Crippen molar-refractivity contribution in [1.82, 2.24) is 4.90 Å². The van der Waals surface area contributed by atoms with Gasteiger partial charge >= 0.3 is 0 Å². The third-order valence-corrected chi connectivity index (χ3v) is 6.70. The third kappa shape index (κ3) is 4.39. The molecule has 0 amide bonds. The smallest absolute Gasteiger partial charge is 0.156 e. The van der Waals surface area contributed by atoms with Crippen LogP contribution in [-0.2, 0) is 9.84 Å². The van der Waals surface area contributed by atoms with E-state index in [1.165, 1.54) is 12.8 Å². The average molecular weight is 296 g/mol. The standard InChI is InChI=1S/C13H26ClNO2S/c1-13(2,3)18(16,17)10-9-15-8-6-4-5-7-12(15)11-14/h12H,4-11H2,1-3H3. The van der Waals surface area contributed by atoms with Gasteiger partial charge in [-0.3, -0.25) is 4.90 Å². The first-order chi connectivity index (χ1) is 8.28. The summed E-state index contributed by atoms with van der Waals surface area (Å²) in [5, 5.41) is 0. The van der Waals surface area contributed by atoms with Crippen LogP contribution in [0.15, 0.2) is 0 Å². The quantitative estimate of drug-likeness (QED) is 0.748. The van der Waals surface area contributed by atoms with Crippen LogP contribution in [-0.4, -0.2) is 48.8 Å². The van der Waals surface area contributed by atoms with Crippen molar-refractivity contribution in [3.63, 3.8) is 0 Å². The molecule has 0 N–H and O–H groups in total. The zero-order chi connectivity index (χ0) is 13.8. The molecule has 1 saturated heterocycles. The van der Waals surface area contributed by atoms with E-state index >= 15 is 0 Å². The maximum atomic E-state index is 12.1. The van der Waals surface area contributed by atoms with Crippen molar-refractivity contribution >= 4 is 21.4 Å². The molecule has 1 aliphatic rings. The number of sulfone groups is 1. The van der Waals surface area contributed by atoms with Crippen molar-refractivity contribution in [3.8, 4) is 0 Å². The highest BCUT2D eigenvalue weighted by atomic mass is 35.5. The van der Waals surface area contributed by atoms with Crippen LogP contribution < -0.4 is 0 Å². The first kappa shape index (κ1) is 16.3. The van der Waals surface area contributed by atoms with Crippen LogP contribution in [0, 0.1) is 0 Å². The molecule has 0 aliphatic carbocycles. The van der Waals surface area contributed by atoms with Gasteiger partial charge in [-0.2, -0.15) is 0 Å². The van der Waals surface area contributed by atoms with Gasteiger partial charge in [-0.25, -0.2) is 8.42 Å². The third-order valence-electron chi connectivity index (χ3n) is 3.76. The van der Waals surface area contributed by atoms with Gasteiger partial charge in [0.2, 0.25) is 0 Å². The number of nitrogens with zero attached hydrogens (tertiary/aromatic N) is 1. The molecular weight excluding hydrogens is 270 g/mol. The Morgan fingerprint density at radius 1 is 1.22 bits per heavy atom. The summed E-state index contributed by atoms with van der Waals surface area (Å²) in [7, 11) is -3.03. The Hall–Kier alpha value is 0.200. The van der Waals surface area contributed by atoms with Crippen molar-refractivity contribution in [3.05, 3.63) is 0 Å². The number of hydrogen-bond donors (Lipinski definition) is 0. The summed E-state index contributed by atoms with van der Waals surface area (Å²) in [6, 6.07) is 0.351. The molecule has 1 unspecified atom stereocenters. The highest BCUT2D eigenvalue weighted by Crippen LogP contribution is 2.20. The fourth-order valence-corrected chi connectivity index (χ4v) is 3.69. The van der Waals surface area contributed by atoms with Gasteiger partial charge in [0.05, 0.1) is 10.5 Å². The Balaban J connectivity index is 2.60. The molecule has 0 bridgehead atoms. The lowest BCUT2D eigenvalue weighted by atomic mass is 10.1. The minimum atomic E-state index is -3.03. The minimum absolute atomic E-state index is 0.240. The van der Waals surface area contributed by atoms with E-state index in [1.54, 1.807) is 20.8 Å². The van der Waals surface area contributed by atoms with Gasteiger partial charge in [0.25, 0.3) is 0 Å². The second kappa shape index (κ2) is 6.58. The summed E-state index contributed by atoms with van der Waals surface area (Å²) in [6.07, 6.45) is 4.69. The zero-order valence-corrected chi connectivity index (χ0v) is 13.4. The Labute approximate surface area is 117 Å². The molecule has 5 heteroatoms. The number of rotatable bonds is 4. The molecule has 0 aromatic carbocycles. The van der Waals surface area contributed by atoms with E-state index in [2.05, 4.69) is 4.90 Å². The van der Waals surface area contributed by atoms with Gasteiger partial charge in [-0.15, -0.1) is 11.6 Å². The number of likely N-dealkylation sites (tertiary alicyclic amines) is 1. The molecule has 1 heterocycles. The Bertz CT molecular complexity index is 348. The predicted molar refractivity (Wildman–Crippen MR) is 78.1 cm³/mol. The summed E-state index contributed by atoms with van der Waals surface area (Å²) in [6.45, 7) is 6.91. The maximum Gasteiger partial charge on any atom is 0.156 e. The van der Waals surface area contributed by atoms with Crippen LogP contribution in [0.2, 0.25) is 0 Å². The van der Waals surface area contributed by atoms with Gasteiger partial charge < -0.3 is 0 Å². The molecule has 1 aliphatic heterocycles. The van der Waals surface area contributed by atoms with E-state index in [-0.39, 0.29) is 5.75 Å². The normalized spacial score (nSPS) is 23.9. The molecule has 1 atom stereocenters. The van der Waals surface area contributed by atoms with E-state index in [4.69, 9.17) is 11.6 Å². The first-order valence-electron chi connectivity index (χ1n) is 6.80. The lowest BCUT2D eigenvalue weighted by Crippen LogP contribution is -2.42. The van der Waals surface area contributed by atoms with E-state index in [0.29, 0.717) is 18.5 Å². The summed E-state index contributed by atoms with van der Waals surface area (Å²) in [5.41, 5.74) is 0. The number of hydrogen-bond acceptors (Lipinski definition) is 3. The van der Waals surface area contributed by atoms with E-state index in [0.717, 1.165) is 19.4 Å². The fraction of sp³-hybridized carbons (Fsp3) is 1.00. The molecule has 0 spiro atoms. The average Bonchev–Trinajstić information content (AvgIpc) is 2.49. The van der Waals surface area contributed by atoms with E-state index < -0.39 is 14.6 Å². The topological polar surface area (TPSA) is 37.4 Å². The van der Waals surface area contributed by atoms with Crippen molar-refractivity contribution < 1.29 is 8.42 Å². The van der Waals surface area contributed by atoms with Gasteiger partial charge in [0.1, 0.15) is 0 Å². The largest absolute Gasteiger partial charge is 0.298 e. The van der Waals surface area contributed by atoms with Gasteiger partial charge in [-0.05, 0) is 40.2 Å². The fourth-order valence-electron chi connectivity index (χ4n) is 2.25. The van der Waals surface area contributed by atoms with E-state index in [1.807, 2.05) is 0 Å². The van der Waals surface area contributed by atoms with Crippen LogP contribution in [0.25, 0.3) is 0 Å². The molecule has 108 valence electrons. The van der Waals surface area contributed by atoms with Crippen LogP contribution in [0.5, 0.6) is 0 Å². The highest BCUT2D eigenvalue weighted by molar-refractivity contribution is 7.92. The molecule has 0 saturated carbocycles. The lowest BCUT2D eigenvalue weighted by Gasteiger charge is -2.29. The second-order valence-corrected chi connectivity index (χ2v) is 9.30. The molecule has 0 aromatic rings. The summed E-state index contributed by atoms with van der Waals surface area (Å²) >= 11 is 6.00.